The maximum Gasteiger partial charge on any atom is 0.154 e. The fourth-order valence-electron chi connectivity index (χ4n) is 1.98. The molecule has 0 aliphatic heterocycles. The summed E-state index contributed by atoms with van der Waals surface area (Å²) in [5.74, 6) is 0.920. The van der Waals surface area contributed by atoms with Gasteiger partial charge in [0, 0.05) is 5.75 Å². The number of hydrogen-bond donors (Lipinski definition) is 1. The maximum atomic E-state index is 5.91. The maximum absolute atomic E-state index is 5.91. The van der Waals surface area contributed by atoms with Crippen LogP contribution in [0, 0.1) is 0 Å². The largest absolute Gasteiger partial charge is 0.379 e. The quantitative estimate of drug-likeness (QED) is 0.644. The van der Waals surface area contributed by atoms with Gasteiger partial charge in [0.1, 0.15) is 0 Å². The van der Waals surface area contributed by atoms with E-state index in [1.54, 1.807) is 11.8 Å². The van der Waals surface area contributed by atoms with Crippen LogP contribution in [0.1, 0.15) is 31.2 Å². The first-order valence-electron chi connectivity index (χ1n) is 5.84. The Bertz CT molecular complexity index is 342. The molecule has 0 bridgehead atoms. The first-order chi connectivity index (χ1) is 7.84. The van der Waals surface area contributed by atoms with Crippen LogP contribution in [0.5, 0.6) is 0 Å². The lowest BCUT2D eigenvalue weighted by Crippen LogP contribution is -2.11. The monoisotopic (exact) mass is 234 g/mol. The van der Waals surface area contributed by atoms with Crippen molar-refractivity contribution >= 4 is 16.9 Å². The summed E-state index contributed by atoms with van der Waals surface area (Å²) in [6.07, 6.45) is 5.05. The van der Waals surface area contributed by atoms with Gasteiger partial charge in [-0.05, 0) is 18.4 Å². The first-order valence-corrected chi connectivity index (χ1v) is 6.83. The fraction of sp³-hybridized carbons (Fsp3) is 0.462. The van der Waals surface area contributed by atoms with Crippen molar-refractivity contribution < 1.29 is 0 Å². The van der Waals surface area contributed by atoms with Crippen LogP contribution < -0.4 is 5.73 Å². The van der Waals surface area contributed by atoms with E-state index in [2.05, 4.69) is 29.3 Å². The van der Waals surface area contributed by atoms with Crippen LogP contribution in [0.15, 0.2) is 35.3 Å². The van der Waals surface area contributed by atoms with Crippen molar-refractivity contribution in [3.63, 3.8) is 0 Å². The lowest BCUT2D eigenvalue weighted by atomic mass is 10.2. The molecule has 2 nitrogen and oxygen atoms in total. The summed E-state index contributed by atoms with van der Waals surface area (Å²) in [5, 5.41) is 0.746. The van der Waals surface area contributed by atoms with E-state index < -0.39 is 0 Å². The Balaban J connectivity index is 1.81. The van der Waals surface area contributed by atoms with Crippen LogP contribution in [-0.2, 0) is 5.75 Å². The highest BCUT2D eigenvalue weighted by Crippen LogP contribution is 2.22. The predicted octanol–water partition coefficient (Wildman–Crippen LogP) is 3.18. The molecule has 0 heterocycles. The molecule has 2 rings (SSSR count). The number of thioether (sulfide) groups is 1. The van der Waals surface area contributed by atoms with E-state index in [0.717, 1.165) is 10.9 Å². The molecule has 16 heavy (non-hydrogen) atoms. The van der Waals surface area contributed by atoms with Gasteiger partial charge in [-0.3, -0.25) is 4.99 Å². The molecule has 0 aromatic heterocycles. The number of nitrogens with two attached hydrogens (primary N) is 1. The van der Waals surface area contributed by atoms with Crippen molar-refractivity contribution in [3.05, 3.63) is 35.9 Å². The lowest BCUT2D eigenvalue weighted by molar-refractivity contribution is 0.708. The van der Waals surface area contributed by atoms with E-state index in [4.69, 9.17) is 5.73 Å². The van der Waals surface area contributed by atoms with E-state index in [1.165, 1.54) is 31.2 Å². The van der Waals surface area contributed by atoms with Gasteiger partial charge >= 0.3 is 0 Å². The van der Waals surface area contributed by atoms with Crippen LogP contribution in [0.25, 0.3) is 0 Å². The summed E-state index contributed by atoms with van der Waals surface area (Å²) in [6.45, 7) is 0. The van der Waals surface area contributed by atoms with E-state index in [1.807, 2.05) is 6.07 Å². The van der Waals surface area contributed by atoms with Gasteiger partial charge in [0.25, 0.3) is 0 Å². The molecular weight excluding hydrogens is 216 g/mol. The van der Waals surface area contributed by atoms with E-state index >= 15 is 0 Å². The predicted molar refractivity (Wildman–Crippen MR) is 71.6 cm³/mol. The second kappa shape index (κ2) is 5.94. The standard InChI is InChI=1S/C13H18N2S/c14-13(15-12-8-4-5-9-12)16-10-11-6-2-1-3-7-11/h1-3,6-7,12H,4-5,8-10H2,(H2,14,15). The van der Waals surface area contributed by atoms with Crippen LogP contribution in [-0.4, -0.2) is 11.2 Å². The summed E-state index contributed by atoms with van der Waals surface area (Å²) >= 11 is 1.64. The zero-order chi connectivity index (χ0) is 11.2. The number of nitrogens with zero attached hydrogens (tertiary/aromatic N) is 1. The average Bonchev–Trinajstić information content (AvgIpc) is 2.81. The third-order valence-electron chi connectivity index (χ3n) is 2.86. The number of hydrogen-bond acceptors (Lipinski definition) is 2. The van der Waals surface area contributed by atoms with Gasteiger partial charge in [-0.25, -0.2) is 0 Å². The molecule has 0 spiro atoms. The molecule has 2 N–H and O–H groups in total. The molecule has 1 aromatic carbocycles. The van der Waals surface area contributed by atoms with Crippen LogP contribution >= 0.6 is 11.8 Å². The van der Waals surface area contributed by atoms with Gasteiger partial charge in [0.2, 0.25) is 0 Å². The fourth-order valence-corrected chi connectivity index (χ4v) is 2.71. The highest BCUT2D eigenvalue weighted by molar-refractivity contribution is 8.13. The molecular formula is C13H18N2S. The van der Waals surface area contributed by atoms with Crippen LogP contribution in [0.3, 0.4) is 0 Å². The highest BCUT2D eigenvalue weighted by Gasteiger charge is 2.13. The number of amidine groups is 1. The van der Waals surface area contributed by atoms with E-state index in [0.29, 0.717) is 6.04 Å². The number of rotatable bonds is 3. The minimum absolute atomic E-state index is 0.489. The Labute approximate surface area is 101 Å². The molecule has 1 aliphatic rings. The Hall–Kier alpha value is -0.960. The zero-order valence-electron chi connectivity index (χ0n) is 9.43. The van der Waals surface area contributed by atoms with Gasteiger partial charge < -0.3 is 5.73 Å². The minimum Gasteiger partial charge on any atom is -0.379 e. The van der Waals surface area contributed by atoms with E-state index in [9.17, 15) is 0 Å². The summed E-state index contributed by atoms with van der Waals surface area (Å²) in [6, 6.07) is 10.9. The van der Waals surface area contributed by atoms with Crippen LogP contribution in [0.2, 0.25) is 0 Å². The molecule has 0 unspecified atom stereocenters. The number of benzene rings is 1. The molecule has 0 radical (unpaired) electrons. The number of aliphatic imine (C=N–C) groups is 1. The summed E-state index contributed by atoms with van der Waals surface area (Å²) in [5.41, 5.74) is 7.22. The molecule has 0 amide bonds. The van der Waals surface area contributed by atoms with Gasteiger partial charge in [0.05, 0.1) is 6.04 Å². The summed E-state index contributed by atoms with van der Waals surface area (Å²) in [7, 11) is 0. The average molecular weight is 234 g/mol. The first kappa shape index (κ1) is 11.5. The third kappa shape index (κ3) is 3.56. The smallest absolute Gasteiger partial charge is 0.154 e. The molecule has 0 saturated heterocycles. The highest BCUT2D eigenvalue weighted by atomic mass is 32.2. The van der Waals surface area contributed by atoms with Gasteiger partial charge in [-0.1, -0.05) is 54.9 Å². The second-order valence-electron chi connectivity index (χ2n) is 4.18. The van der Waals surface area contributed by atoms with Gasteiger partial charge in [-0.2, -0.15) is 0 Å². The van der Waals surface area contributed by atoms with Crippen molar-refractivity contribution in [2.45, 2.75) is 37.5 Å². The van der Waals surface area contributed by atoms with Crippen LogP contribution in [0.4, 0.5) is 0 Å². The second-order valence-corrected chi connectivity index (χ2v) is 5.18. The third-order valence-corrected chi connectivity index (χ3v) is 3.74. The van der Waals surface area contributed by atoms with Gasteiger partial charge in [0.15, 0.2) is 5.17 Å². The van der Waals surface area contributed by atoms with Crippen molar-refractivity contribution in [1.29, 1.82) is 0 Å². The Morgan fingerprint density at radius 2 is 1.94 bits per heavy atom. The molecule has 1 saturated carbocycles. The SMILES string of the molecule is NC(=NC1CCCC1)SCc1ccccc1. The van der Waals surface area contributed by atoms with Gasteiger partial charge in [-0.15, -0.1) is 0 Å². The Morgan fingerprint density at radius 3 is 2.62 bits per heavy atom. The van der Waals surface area contributed by atoms with Crippen molar-refractivity contribution in [3.8, 4) is 0 Å². The Kier molecular flexibility index (Phi) is 4.28. The molecule has 0 atom stereocenters. The summed E-state index contributed by atoms with van der Waals surface area (Å²) < 4.78 is 0. The minimum atomic E-state index is 0.489. The molecule has 1 aromatic rings. The normalized spacial score (nSPS) is 17.9. The zero-order valence-corrected chi connectivity index (χ0v) is 10.2. The molecule has 1 aliphatic carbocycles. The molecule has 86 valence electrons. The van der Waals surface area contributed by atoms with Crippen molar-refractivity contribution in [2.75, 3.05) is 0 Å². The summed E-state index contributed by atoms with van der Waals surface area (Å²) in [4.78, 5) is 4.55. The molecule has 3 heteroatoms. The Morgan fingerprint density at radius 1 is 1.25 bits per heavy atom. The van der Waals surface area contributed by atoms with Crippen molar-refractivity contribution in [2.24, 2.45) is 10.7 Å². The van der Waals surface area contributed by atoms with E-state index in [-0.39, 0.29) is 0 Å². The molecule has 1 fully saturated rings. The van der Waals surface area contributed by atoms with Crippen molar-refractivity contribution in [1.82, 2.24) is 0 Å². The lowest BCUT2D eigenvalue weighted by Gasteiger charge is -2.05. The topological polar surface area (TPSA) is 38.4 Å².